The molecule has 4 heteroatoms. The summed E-state index contributed by atoms with van der Waals surface area (Å²) in [7, 11) is 0. The molecule has 0 aliphatic rings. The second-order valence-corrected chi connectivity index (χ2v) is 5.80. The van der Waals surface area contributed by atoms with Crippen LogP contribution < -0.4 is 4.74 Å². The van der Waals surface area contributed by atoms with Crippen molar-refractivity contribution < 1.29 is 14.6 Å². The SMILES string of the molecule is C[C@@H](CC(=O)O)Oc1ccc(-c2ccc(I)cc2)cc1. The highest BCUT2D eigenvalue weighted by molar-refractivity contribution is 14.1. The number of aliphatic carboxylic acids is 1. The predicted molar refractivity (Wildman–Crippen MR) is 86.9 cm³/mol. The lowest BCUT2D eigenvalue weighted by Crippen LogP contribution is -2.16. The van der Waals surface area contributed by atoms with Crippen molar-refractivity contribution in [3.05, 3.63) is 52.1 Å². The molecule has 0 heterocycles. The van der Waals surface area contributed by atoms with Crippen LogP contribution in [-0.2, 0) is 4.79 Å². The summed E-state index contributed by atoms with van der Waals surface area (Å²) < 4.78 is 6.76. The van der Waals surface area contributed by atoms with Gasteiger partial charge in [-0.05, 0) is 64.9 Å². The standard InChI is InChI=1S/C16H15IO3/c1-11(10-16(18)19)20-15-8-4-13(5-9-15)12-2-6-14(17)7-3-12/h2-9,11H,10H2,1H3,(H,18,19)/t11-/m0/s1. The van der Waals surface area contributed by atoms with E-state index < -0.39 is 5.97 Å². The Morgan fingerprint density at radius 3 is 2.10 bits per heavy atom. The fraction of sp³-hybridized carbons (Fsp3) is 0.188. The lowest BCUT2D eigenvalue weighted by atomic mass is 10.1. The fourth-order valence-corrected chi connectivity index (χ4v) is 2.25. The number of hydrogen-bond acceptors (Lipinski definition) is 2. The van der Waals surface area contributed by atoms with E-state index in [4.69, 9.17) is 9.84 Å². The molecule has 0 saturated carbocycles. The van der Waals surface area contributed by atoms with Crippen LogP contribution in [0.5, 0.6) is 5.75 Å². The normalized spacial score (nSPS) is 11.9. The van der Waals surface area contributed by atoms with Gasteiger partial charge in [0.2, 0.25) is 0 Å². The van der Waals surface area contributed by atoms with Crippen molar-refractivity contribution in [2.75, 3.05) is 0 Å². The summed E-state index contributed by atoms with van der Waals surface area (Å²) >= 11 is 2.28. The number of rotatable bonds is 5. The van der Waals surface area contributed by atoms with E-state index in [2.05, 4.69) is 46.9 Å². The van der Waals surface area contributed by atoms with E-state index in [0.717, 1.165) is 11.1 Å². The van der Waals surface area contributed by atoms with Crippen LogP contribution in [0.2, 0.25) is 0 Å². The molecule has 1 N–H and O–H groups in total. The highest BCUT2D eigenvalue weighted by atomic mass is 127. The van der Waals surface area contributed by atoms with Crippen LogP contribution >= 0.6 is 22.6 Å². The van der Waals surface area contributed by atoms with E-state index >= 15 is 0 Å². The molecule has 0 spiro atoms. The van der Waals surface area contributed by atoms with Gasteiger partial charge in [0.15, 0.2) is 0 Å². The van der Waals surface area contributed by atoms with Gasteiger partial charge in [-0.1, -0.05) is 24.3 Å². The van der Waals surface area contributed by atoms with Crippen LogP contribution in [0.4, 0.5) is 0 Å². The van der Waals surface area contributed by atoms with Gasteiger partial charge >= 0.3 is 5.97 Å². The molecule has 2 aromatic carbocycles. The van der Waals surface area contributed by atoms with Gasteiger partial charge in [0.25, 0.3) is 0 Å². The Morgan fingerprint density at radius 1 is 1.10 bits per heavy atom. The van der Waals surface area contributed by atoms with Crippen molar-refractivity contribution >= 4 is 28.6 Å². The van der Waals surface area contributed by atoms with E-state index in [1.165, 1.54) is 3.57 Å². The van der Waals surface area contributed by atoms with E-state index in [9.17, 15) is 4.79 Å². The van der Waals surface area contributed by atoms with Gasteiger partial charge in [0, 0.05) is 3.57 Å². The number of carbonyl (C=O) groups is 1. The van der Waals surface area contributed by atoms with Gasteiger partial charge in [0.05, 0.1) is 6.42 Å². The molecule has 2 aromatic rings. The molecule has 3 nitrogen and oxygen atoms in total. The molecule has 0 aliphatic heterocycles. The zero-order valence-corrected chi connectivity index (χ0v) is 13.2. The summed E-state index contributed by atoms with van der Waals surface area (Å²) in [5, 5.41) is 8.70. The predicted octanol–water partition coefficient (Wildman–Crippen LogP) is 4.20. The molecule has 0 bridgehead atoms. The average Bonchev–Trinajstić information content (AvgIpc) is 2.39. The Kier molecular flexibility index (Phi) is 5.00. The van der Waals surface area contributed by atoms with Crippen molar-refractivity contribution in [1.29, 1.82) is 0 Å². The van der Waals surface area contributed by atoms with Gasteiger partial charge in [-0.3, -0.25) is 4.79 Å². The number of carboxylic acids is 1. The van der Waals surface area contributed by atoms with E-state index in [1.807, 2.05) is 24.3 Å². The van der Waals surface area contributed by atoms with Gasteiger partial charge in [-0.2, -0.15) is 0 Å². The summed E-state index contributed by atoms with van der Waals surface area (Å²) in [5.41, 5.74) is 2.26. The number of ether oxygens (including phenoxy) is 1. The summed E-state index contributed by atoms with van der Waals surface area (Å²) in [6.07, 6.45) is -0.338. The summed E-state index contributed by atoms with van der Waals surface area (Å²) in [6.45, 7) is 1.75. The van der Waals surface area contributed by atoms with E-state index in [0.29, 0.717) is 5.75 Å². The maximum Gasteiger partial charge on any atom is 0.307 e. The van der Waals surface area contributed by atoms with Gasteiger partial charge in [-0.15, -0.1) is 0 Å². The Balaban J connectivity index is 2.06. The van der Waals surface area contributed by atoms with Crippen LogP contribution in [0.15, 0.2) is 48.5 Å². The van der Waals surface area contributed by atoms with Crippen molar-refractivity contribution in [2.24, 2.45) is 0 Å². The van der Waals surface area contributed by atoms with Crippen LogP contribution in [0, 0.1) is 3.57 Å². The van der Waals surface area contributed by atoms with Crippen LogP contribution in [-0.4, -0.2) is 17.2 Å². The van der Waals surface area contributed by atoms with Gasteiger partial charge in [-0.25, -0.2) is 0 Å². The highest BCUT2D eigenvalue weighted by Gasteiger charge is 2.09. The molecule has 0 fully saturated rings. The maximum atomic E-state index is 10.6. The third-order valence-corrected chi connectivity index (χ3v) is 3.55. The monoisotopic (exact) mass is 382 g/mol. The first kappa shape index (κ1) is 14.8. The third-order valence-electron chi connectivity index (χ3n) is 2.83. The highest BCUT2D eigenvalue weighted by Crippen LogP contribution is 2.23. The molecule has 20 heavy (non-hydrogen) atoms. The van der Waals surface area contributed by atoms with E-state index in [1.54, 1.807) is 6.92 Å². The Labute approximate surface area is 131 Å². The maximum absolute atomic E-state index is 10.6. The van der Waals surface area contributed by atoms with Crippen molar-refractivity contribution in [2.45, 2.75) is 19.4 Å². The summed E-state index contributed by atoms with van der Waals surface area (Å²) in [6, 6.07) is 16.0. The minimum absolute atomic E-state index is 0.00112. The smallest absolute Gasteiger partial charge is 0.307 e. The molecular formula is C16H15IO3. The topological polar surface area (TPSA) is 46.5 Å². The molecular weight excluding hydrogens is 367 g/mol. The molecule has 2 rings (SSSR count). The Morgan fingerprint density at radius 2 is 1.60 bits per heavy atom. The van der Waals surface area contributed by atoms with Crippen LogP contribution in [0.3, 0.4) is 0 Å². The zero-order chi connectivity index (χ0) is 14.5. The van der Waals surface area contributed by atoms with Crippen molar-refractivity contribution in [3.8, 4) is 16.9 Å². The molecule has 0 radical (unpaired) electrons. The second-order valence-electron chi connectivity index (χ2n) is 4.56. The minimum atomic E-state index is -0.854. The van der Waals surface area contributed by atoms with E-state index in [-0.39, 0.29) is 12.5 Å². The lowest BCUT2D eigenvalue weighted by Gasteiger charge is -2.13. The number of benzene rings is 2. The molecule has 0 unspecified atom stereocenters. The van der Waals surface area contributed by atoms with Crippen LogP contribution in [0.1, 0.15) is 13.3 Å². The number of halogens is 1. The minimum Gasteiger partial charge on any atom is -0.490 e. The first-order valence-electron chi connectivity index (χ1n) is 6.29. The molecule has 0 saturated heterocycles. The van der Waals surface area contributed by atoms with Gasteiger partial charge < -0.3 is 9.84 Å². The first-order chi connectivity index (χ1) is 9.54. The fourth-order valence-electron chi connectivity index (χ4n) is 1.89. The summed E-state index contributed by atoms with van der Waals surface area (Å²) in [5.74, 6) is -0.166. The molecule has 0 amide bonds. The van der Waals surface area contributed by atoms with Crippen molar-refractivity contribution in [1.82, 2.24) is 0 Å². The number of carboxylic acid groups (broad SMARTS) is 1. The Hall–Kier alpha value is -1.56. The Bertz CT molecular complexity index is 576. The largest absolute Gasteiger partial charge is 0.490 e. The van der Waals surface area contributed by atoms with Crippen LogP contribution in [0.25, 0.3) is 11.1 Å². The molecule has 1 atom stereocenters. The third kappa shape index (κ3) is 4.23. The average molecular weight is 382 g/mol. The molecule has 0 aliphatic carbocycles. The number of hydrogen-bond donors (Lipinski definition) is 1. The second kappa shape index (κ2) is 6.74. The zero-order valence-electron chi connectivity index (χ0n) is 11.0. The molecule has 104 valence electrons. The van der Waals surface area contributed by atoms with Gasteiger partial charge in [0.1, 0.15) is 11.9 Å². The molecule has 0 aromatic heterocycles. The first-order valence-corrected chi connectivity index (χ1v) is 7.37. The lowest BCUT2D eigenvalue weighted by molar-refractivity contribution is -0.138. The quantitative estimate of drug-likeness (QED) is 0.789. The summed E-state index contributed by atoms with van der Waals surface area (Å²) in [4.78, 5) is 10.6. The van der Waals surface area contributed by atoms with Crippen molar-refractivity contribution in [3.63, 3.8) is 0 Å².